The molecule has 0 spiro atoms. The van der Waals surface area contributed by atoms with Gasteiger partial charge in [0.25, 0.3) is 5.91 Å². The van der Waals surface area contributed by atoms with Gasteiger partial charge < -0.3 is 15.0 Å². The van der Waals surface area contributed by atoms with Gasteiger partial charge in [0.15, 0.2) is 0 Å². The third-order valence-electron chi connectivity index (χ3n) is 5.31. The third-order valence-corrected chi connectivity index (χ3v) is 5.31. The van der Waals surface area contributed by atoms with Crippen LogP contribution in [0.2, 0.25) is 0 Å². The van der Waals surface area contributed by atoms with Crippen LogP contribution < -0.4 is 15.0 Å². The molecule has 1 N–H and O–H groups in total. The number of nitrogens with one attached hydrogen (secondary N) is 1. The topological polar surface area (TPSA) is 44.8 Å². The lowest BCUT2D eigenvalue weighted by molar-refractivity contribution is 0.0945. The van der Waals surface area contributed by atoms with Gasteiger partial charge in [0, 0.05) is 45.0 Å². The average molecular weight is 402 g/mol. The first-order valence-corrected chi connectivity index (χ1v) is 10.4. The number of para-hydroxylation sites is 3. The highest BCUT2D eigenvalue weighted by molar-refractivity contribution is 5.97. The Labute approximate surface area is 177 Å². The molecule has 3 aromatic carbocycles. The van der Waals surface area contributed by atoms with Crippen LogP contribution in [0.5, 0.6) is 11.5 Å². The maximum atomic E-state index is 12.7. The fraction of sp³-hybridized carbons (Fsp3) is 0.240. The smallest absolute Gasteiger partial charge is 0.255 e. The summed E-state index contributed by atoms with van der Waals surface area (Å²) in [6, 6.07) is 27.4. The summed E-state index contributed by atoms with van der Waals surface area (Å²) in [5.74, 6) is 1.18. The number of nitrogens with zero attached hydrogens (tertiary/aromatic N) is 2. The number of carbonyl (C=O) groups excluding carboxylic acids is 1. The lowest BCUT2D eigenvalue weighted by atomic mass is 10.2. The first-order valence-electron chi connectivity index (χ1n) is 10.4. The second kappa shape index (κ2) is 9.94. The molecule has 0 saturated carbocycles. The number of hydrogen-bond donors (Lipinski definition) is 1. The van der Waals surface area contributed by atoms with Crippen LogP contribution in [-0.2, 0) is 0 Å². The minimum Gasteiger partial charge on any atom is -0.457 e. The van der Waals surface area contributed by atoms with E-state index >= 15 is 0 Å². The number of piperazine rings is 1. The summed E-state index contributed by atoms with van der Waals surface area (Å²) >= 11 is 0. The van der Waals surface area contributed by atoms with Gasteiger partial charge in [-0.15, -0.1) is 0 Å². The van der Waals surface area contributed by atoms with Crippen LogP contribution in [0.1, 0.15) is 10.4 Å². The van der Waals surface area contributed by atoms with Crippen molar-refractivity contribution < 1.29 is 9.53 Å². The largest absolute Gasteiger partial charge is 0.457 e. The summed E-state index contributed by atoms with van der Waals surface area (Å²) in [6.45, 7) is 5.47. The Morgan fingerprint density at radius 2 is 1.43 bits per heavy atom. The summed E-state index contributed by atoms with van der Waals surface area (Å²) in [7, 11) is 0. The summed E-state index contributed by atoms with van der Waals surface area (Å²) in [6.07, 6.45) is 0. The zero-order valence-electron chi connectivity index (χ0n) is 17.0. The standard InChI is InChI=1S/C25H27N3O2/c29-25(23-13-7-8-14-24(23)30-22-11-5-2-6-12-22)26-15-16-27-17-19-28(20-18-27)21-9-3-1-4-10-21/h1-14H,15-20H2,(H,26,29). The SMILES string of the molecule is O=C(NCCN1CCN(c2ccccc2)CC1)c1ccccc1Oc1ccccc1. The Hall–Kier alpha value is -3.31. The van der Waals surface area contributed by atoms with Crippen LogP contribution >= 0.6 is 0 Å². The van der Waals surface area contributed by atoms with E-state index in [2.05, 4.69) is 39.4 Å². The third kappa shape index (κ3) is 5.19. The lowest BCUT2D eigenvalue weighted by Crippen LogP contribution is -2.48. The van der Waals surface area contributed by atoms with Gasteiger partial charge in [-0.2, -0.15) is 0 Å². The van der Waals surface area contributed by atoms with E-state index in [1.54, 1.807) is 6.07 Å². The minimum absolute atomic E-state index is 0.107. The predicted molar refractivity (Wildman–Crippen MR) is 120 cm³/mol. The van der Waals surface area contributed by atoms with E-state index in [0.717, 1.165) is 32.7 Å². The van der Waals surface area contributed by atoms with Crippen molar-refractivity contribution in [3.8, 4) is 11.5 Å². The van der Waals surface area contributed by atoms with Gasteiger partial charge in [0.2, 0.25) is 0 Å². The van der Waals surface area contributed by atoms with Crippen molar-refractivity contribution in [1.29, 1.82) is 0 Å². The molecule has 1 heterocycles. The fourth-order valence-corrected chi connectivity index (χ4v) is 3.65. The highest BCUT2D eigenvalue weighted by Gasteiger charge is 2.17. The maximum absolute atomic E-state index is 12.7. The first kappa shape index (κ1) is 20.0. The van der Waals surface area contributed by atoms with Crippen LogP contribution in [0.25, 0.3) is 0 Å². The Morgan fingerprint density at radius 3 is 2.17 bits per heavy atom. The molecule has 154 valence electrons. The van der Waals surface area contributed by atoms with E-state index in [-0.39, 0.29) is 5.91 Å². The van der Waals surface area contributed by atoms with Crippen molar-refractivity contribution >= 4 is 11.6 Å². The number of anilines is 1. The van der Waals surface area contributed by atoms with Crippen LogP contribution in [0, 0.1) is 0 Å². The minimum atomic E-state index is -0.107. The Morgan fingerprint density at radius 1 is 0.800 bits per heavy atom. The van der Waals surface area contributed by atoms with Crippen LogP contribution in [0.15, 0.2) is 84.9 Å². The predicted octanol–water partition coefficient (Wildman–Crippen LogP) is 4.03. The lowest BCUT2D eigenvalue weighted by Gasteiger charge is -2.36. The zero-order valence-corrected chi connectivity index (χ0v) is 17.0. The molecule has 0 atom stereocenters. The molecule has 4 rings (SSSR count). The van der Waals surface area contributed by atoms with E-state index in [0.29, 0.717) is 23.6 Å². The van der Waals surface area contributed by atoms with Crippen molar-refractivity contribution in [1.82, 2.24) is 10.2 Å². The number of rotatable bonds is 7. The second-order valence-electron chi connectivity index (χ2n) is 7.33. The maximum Gasteiger partial charge on any atom is 0.255 e. The van der Waals surface area contributed by atoms with Crippen molar-refractivity contribution in [2.45, 2.75) is 0 Å². The van der Waals surface area contributed by atoms with Crippen molar-refractivity contribution in [2.75, 3.05) is 44.2 Å². The summed E-state index contributed by atoms with van der Waals surface area (Å²) < 4.78 is 5.90. The summed E-state index contributed by atoms with van der Waals surface area (Å²) in [5.41, 5.74) is 1.83. The van der Waals surface area contributed by atoms with Gasteiger partial charge in [0.1, 0.15) is 11.5 Å². The molecule has 0 unspecified atom stereocenters. The normalized spacial score (nSPS) is 14.3. The molecule has 1 saturated heterocycles. The fourth-order valence-electron chi connectivity index (χ4n) is 3.65. The monoisotopic (exact) mass is 401 g/mol. The molecule has 5 heteroatoms. The highest BCUT2D eigenvalue weighted by Crippen LogP contribution is 2.25. The molecule has 0 aromatic heterocycles. The number of ether oxygens (including phenoxy) is 1. The molecule has 0 aliphatic carbocycles. The molecule has 5 nitrogen and oxygen atoms in total. The molecule has 3 aromatic rings. The van der Waals surface area contributed by atoms with Crippen LogP contribution in [0.4, 0.5) is 5.69 Å². The summed E-state index contributed by atoms with van der Waals surface area (Å²) in [4.78, 5) is 17.5. The molecular formula is C25H27N3O2. The molecule has 0 radical (unpaired) electrons. The molecule has 1 amide bonds. The van der Waals surface area contributed by atoms with Gasteiger partial charge in [-0.1, -0.05) is 48.5 Å². The van der Waals surface area contributed by atoms with Gasteiger partial charge >= 0.3 is 0 Å². The first-order chi connectivity index (χ1) is 14.8. The van der Waals surface area contributed by atoms with E-state index in [9.17, 15) is 4.79 Å². The van der Waals surface area contributed by atoms with E-state index in [4.69, 9.17) is 4.74 Å². The van der Waals surface area contributed by atoms with E-state index < -0.39 is 0 Å². The molecule has 1 aliphatic heterocycles. The molecule has 1 aliphatic rings. The van der Waals surface area contributed by atoms with E-state index in [1.165, 1.54) is 5.69 Å². The van der Waals surface area contributed by atoms with E-state index in [1.807, 2.05) is 54.6 Å². The Bertz CT molecular complexity index is 939. The molecule has 0 bridgehead atoms. The van der Waals surface area contributed by atoms with Crippen molar-refractivity contribution in [3.63, 3.8) is 0 Å². The average Bonchev–Trinajstić information content (AvgIpc) is 2.81. The summed E-state index contributed by atoms with van der Waals surface area (Å²) in [5, 5.41) is 3.04. The zero-order chi connectivity index (χ0) is 20.6. The van der Waals surface area contributed by atoms with Crippen LogP contribution in [-0.4, -0.2) is 50.1 Å². The number of benzene rings is 3. The number of amides is 1. The van der Waals surface area contributed by atoms with Gasteiger partial charge in [-0.3, -0.25) is 9.69 Å². The highest BCUT2D eigenvalue weighted by atomic mass is 16.5. The van der Waals surface area contributed by atoms with Gasteiger partial charge in [0.05, 0.1) is 5.56 Å². The van der Waals surface area contributed by atoms with Crippen LogP contribution in [0.3, 0.4) is 0 Å². The molecule has 1 fully saturated rings. The molecule has 30 heavy (non-hydrogen) atoms. The Balaban J connectivity index is 1.26. The second-order valence-corrected chi connectivity index (χ2v) is 7.33. The van der Waals surface area contributed by atoms with Crippen molar-refractivity contribution in [2.24, 2.45) is 0 Å². The van der Waals surface area contributed by atoms with Crippen molar-refractivity contribution in [3.05, 3.63) is 90.5 Å². The van der Waals surface area contributed by atoms with Gasteiger partial charge in [-0.25, -0.2) is 0 Å². The van der Waals surface area contributed by atoms with Gasteiger partial charge in [-0.05, 0) is 36.4 Å². The number of hydrogen-bond acceptors (Lipinski definition) is 4. The molecular weight excluding hydrogens is 374 g/mol. The quantitative estimate of drug-likeness (QED) is 0.649. The number of carbonyl (C=O) groups is 1. The Kier molecular flexibility index (Phi) is 6.62.